The molecule has 1 aromatic rings. The molecule has 0 saturated carbocycles. The highest BCUT2D eigenvalue weighted by molar-refractivity contribution is 5.97. The van der Waals surface area contributed by atoms with Crippen molar-refractivity contribution in [3.8, 4) is 0 Å². The van der Waals surface area contributed by atoms with E-state index in [-0.39, 0.29) is 6.09 Å². The van der Waals surface area contributed by atoms with Gasteiger partial charge in [-0.2, -0.15) is 0 Å². The normalized spacial score (nSPS) is 14.8. The van der Waals surface area contributed by atoms with Gasteiger partial charge in [0.2, 0.25) is 0 Å². The minimum absolute atomic E-state index is 0.286. The second kappa shape index (κ2) is 1.73. The molecule has 50 valence electrons. The first-order valence-electron chi connectivity index (χ1n) is 2.95. The van der Waals surface area contributed by atoms with E-state index in [4.69, 9.17) is 0 Å². The van der Waals surface area contributed by atoms with Gasteiger partial charge in [0.25, 0.3) is 0 Å². The summed E-state index contributed by atoms with van der Waals surface area (Å²) in [6.45, 7) is 0. The Morgan fingerprint density at radius 1 is 1.20 bits per heavy atom. The highest BCUT2D eigenvalue weighted by Gasteiger charge is 2.35. The van der Waals surface area contributed by atoms with Crippen LogP contribution in [0.2, 0.25) is 0 Å². The van der Waals surface area contributed by atoms with Crippen LogP contribution in [0.5, 0.6) is 0 Å². The van der Waals surface area contributed by atoms with Crippen LogP contribution in [-0.2, 0) is 4.84 Å². The summed E-state index contributed by atoms with van der Waals surface area (Å²) >= 11 is 0. The lowest BCUT2D eigenvalue weighted by Crippen LogP contribution is -1.89. The van der Waals surface area contributed by atoms with Gasteiger partial charge in [0, 0.05) is 0 Å². The van der Waals surface area contributed by atoms with Gasteiger partial charge in [-0.3, -0.25) is 0 Å². The molecule has 1 fully saturated rings. The van der Waals surface area contributed by atoms with E-state index in [1.165, 1.54) is 5.06 Å². The van der Waals surface area contributed by atoms with Crippen molar-refractivity contribution in [2.24, 2.45) is 0 Å². The van der Waals surface area contributed by atoms with E-state index in [0.717, 1.165) is 5.69 Å². The van der Waals surface area contributed by atoms with Gasteiger partial charge < -0.3 is 4.84 Å². The smallest absolute Gasteiger partial charge is 0.308 e. The van der Waals surface area contributed by atoms with Crippen molar-refractivity contribution in [3.05, 3.63) is 30.3 Å². The van der Waals surface area contributed by atoms with E-state index in [1.54, 1.807) is 0 Å². The van der Waals surface area contributed by atoms with E-state index in [2.05, 4.69) is 4.84 Å². The Balaban J connectivity index is 2.28. The lowest BCUT2D eigenvalue weighted by molar-refractivity contribution is 0.248. The van der Waals surface area contributed by atoms with E-state index >= 15 is 0 Å². The zero-order chi connectivity index (χ0) is 6.97. The molecule has 0 radical (unpaired) electrons. The van der Waals surface area contributed by atoms with Crippen LogP contribution >= 0.6 is 0 Å². The van der Waals surface area contributed by atoms with Crippen molar-refractivity contribution in [1.29, 1.82) is 0 Å². The molecule has 1 saturated heterocycles. The maximum atomic E-state index is 10.4. The molecule has 1 amide bonds. The van der Waals surface area contributed by atoms with Crippen molar-refractivity contribution < 1.29 is 9.63 Å². The van der Waals surface area contributed by atoms with Crippen molar-refractivity contribution in [2.45, 2.75) is 0 Å². The number of hydrogen-bond donors (Lipinski definition) is 0. The quantitative estimate of drug-likeness (QED) is 0.547. The first kappa shape index (κ1) is 5.29. The summed E-state index contributed by atoms with van der Waals surface area (Å²) in [6.07, 6.45) is -0.286. The molecular weight excluding hydrogens is 130 g/mol. The van der Waals surface area contributed by atoms with Gasteiger partial charge in [0.05, 0.1) is 5.69 Å². The fourth-order valence-corrected chi connectivity index (χ4v) is 0.779. The van der Waals surface area contributed by atoms with Crippen molar-refractivity contribution in [3.63, 3.8) is 0 Å². The molecule has 0 aliphatic carbocycles. The number of hydroxylamine groups is 1. The fraction of sp³-hybridized carbons (Fsp3) is 0. The Kier molecular flexibility index (Phi) is 0.917. The summed E-state index contributed by atoms with van der Waals surface area (Å²) in [5, 5.41) is 1.24. The van der Waals surface area contributed by atoms with Crippen molar-refractivity contribution in [1.82, 2.24) is 0 Å². The highest BCUT2D eigenvalue weighted by atomic mass is 16.9. The van der Waals surface area contributed by atoms with Crippen molar-refractivity contribution in [2.75, 3.05) is 5.06 Å². The predicted octanol–water partition coefficient (Wildman–Crippen LogP) is 1.56. The molecule has 1 heterocycles. The van der Waals surface area contributed by atoms with Crippen LogP contribution in [-0.4, -0.2) is 6.09 Å². The maximum Gasteiger partial charge on any atom is 0.473 e. The number of carbonyl (C=O) groups excluding carboxylic acids is 1. The number of carbonyl (C=O) groups is 1. The van der Waals surface area contributed by atoms with Gasteiger partial charge in [-0.15, -0.1) is 0 Å². The number of hydrogen-bond acceptors (Lipinski definition) is 2. The third-order valence-corrected chi connectivity index (χ3v) is 1.29. The minimum atomic E-state index is -0.286. The number of amides is 1. The predicted molar refractivity (Wildman–Crippen MR) is 35.4 cm³/mol. The maximum absolute atomic E-state index is 10.4. The second-order valence-corrected chi connectivity index (χ2v) is 1.99. The third kappa shape index (κ3) is 0.719. The summed E-state index contributed by atoms with van der Waals surface area (Å²) in [6, 6.07) is 9.21. The highest BCUT2D eigenvalue weighted by Crippen LogP contribution is 2.23. The molecule has 1 aliphatic rings. The largest absolute Gasteiger partial charge is 0.473 e. The van der Waals surface area contributed by atoms with Crippen molar-refractivity contribution >= 4 is 11.8 Å². The third-order valence-electron chi connectivity index (χ3n) is 1.29. The Morgan fingerprint density at radius 2 is 1.80 bits per heavy atom. The molecule has 1 aromatic carbocycles. The molecule has 10 heavy (non-hydrogen) atoms. The summed E-state index contributed by atoms with van der Waals surface area (Å²) in [4.78, 5) is 14.9. The van der Waals surface area contributed by atoms with Crippen LogP contribution in [0.4, 0.5) is 10.5 Å². The SMILES string of the molecule is O=C1ON1c1ccccc1. The number of rotatable bonds is 1. The molecule has 0 unspecified atom stereocenters. The minimum Gasteiger partial charge on any atom is -0.308 e. The number of para-hydroxylation sites is 1. The summed E-state index contributed by atoms with van der Waals surface area (Å²) in [7, 11) is 0. The summed E-state index contributed by atoms with van der Waals surface area (Å²) in [5.74, 6) is 0. The van der Waals surface area contributed by atoms with Gasteiger partial charge in [-0.05, 0) is 12.1 Å². The molecule has 0 N–H and O–H groups in total. The van der Waals surface area contributed by atoms with E-state index in [9.17, 15) is 4.79 Å². The van der Waals surface area contributed by atoms with Crippen LogP contribution in [0.25, 0.3) is 0 Å². The van der Waals surface area contributed by atoms with Gasteiger partial charge >= 0.3 is 6.09 Å². The lowest BCUT2D eigenvalue weighted by atomic mass is 10.3. The van der Waals surface area contributed by atoms with Gasteiger partial charge in [0.1, 0.15) is 0 Å². The molecule has 0 aromatic heterocycles. The molecule has 0 atom stereocenters. The Labute approximate surface area is 57.8 Å². The molecule has 0 spiro atoms. The number of nitrogens with zero attached hydrogens (tertiary/aromatic N) is 1. The van der Waals surface area contributed by atoms with E-state index in [0.29, 0.717) is 0 Å². The topological polar surface area (TPSA) is 32.6 Å². The van der Waals surface area contributed by atoms with Crippen LogP contribution in [0, 0.1) is 0 Å². The Hall–Kier alpha value is -1.51. The Morgan fingerprint density at radius 3 is 2.30 bits per heavy atom. The first-order chi connectivity index (χ1) is 4.88. The molecule has 0 bridgehead atoms. The van der Waals surface area contributed by atoms with Crippen LogP contribution in [0.15, 0.2) is 30.3 Å². The van der Waals surface area contributed by atoms with Crippen LogP contribution < -0.4 is 5.06 Å². The summed E-state index contributed by atoms with van der Waals surface area (Å²) < 4.78 is 0. The number of benzene rings is 1. The van der Waals surface area contributed by atoms with Crippen LogP contribution in [0.3, 0.4) is 0 Å². The molecule has 1 aliphatic heterocycles. The van der Waals surface area contributed by atoms with Gasteiger partial charge in [-0.1, -0.05) is 23.3 Å². The zero-order valence-corrected chi connectivity index (χ0v) is 5.15. The molecule has 3 nitrogen and oxygen atoms in total. The van der Waals surface area contributed by atoms with Gasteiger partial charge in [0.15, 0.2) is 0 Å². The second-order valence-electron chi connectivity index (χ2n) is 1.99. The average Bonchev–Trinajstić information content (AvgIpc) is 2.69. The fourth-order valence-electron chi connectivity index (χ4n) is 0.779. The Bertz CT molecular complexity index is 258. The van der Waals surface area contributed by atoms with Gasteiger partial charge in [-0.25, -0.2) is 4.79 Å². The zero-order valence-electron chi connectivity index (χ0n) is 5.15. The average molecular weight is 135 g/mol. The lowest BCUT2D eigenvalue weighted by Gasteiger charge is -1.90. The summed E-state index contributed by atoms with van der Waals surface area (Å²) in [5.41, 5.74) is 0.785. The molecule has 2 rings (SSSR count). The molecular formula is C7H5NO2. The standard InChI is InChI=1S/C7H5NO2/c9-7-8(10-7)6-4-2-1-3-5-6/h1-5H. The molecule has 3 heteroatoms. The van der Waals surface area contributed by atoms with E-state index < -0.39 is 0 Å². The monoisotopic (exact) mass is 135 g/mol. The van der Waals surface area contributed by atoms with Crippen LogP contribution in [0.1, 0.15) is 0 Å². The number of anilines is 1. The van der Waals surface area contributed by atoms with E-state index in [1.807, 2.05) is 30.3 Å². The first-order valence-corrected chi connectivity index (χ1v) is 2.95.